The molecule has 0 aromatic heterocycles. The van der Waals surface area contributed by atoms with Crippen LogP contribution in [0, 0.1) is 0 Å². The Morgan fingerprint density at radius 1 is 1.35 bits per heavy atom. The Balaban J connectivity index is 2.21. The summed E-state index contributed by atoms with van der Waals surface area (Å²) >= 11 is 3.25. The van der Waals surface area contributed by atoms with E-state index in [0.29, 0.717) is 22.9 Å². The number of sulfone groups is 1. The van der Waals surface area contributed by atoms with Crippen molar-refractivity contribution in [2.24, 2.45) is 0 Å². The molecular weight excluding hydrogens is 304 g/mol. The van der Waals surface area contributed by atoms with Crippen LogP contribution < -0.4 is 0 Å². The van der Waals surface area contributed by atoms with Gasteiger partial charge >= 0.3 is 0 Å². The van der Waals surface area contributed by atoms with E-state index in [-0.39, 0.29) is 5.78 Å². The summed E-state index contributed by atoms with van der Waals surface area (Å²) in [5.41, 5.74) is 0.431. The Labute approximate surface area is 109 Å². The largest absolute Gasteiger partial charge is 0.293 e. The molecule has 17 heavy (non-hydrogen) atoms. The van der Waals surface area contributed by atoms with Crippen LogP contribution in [-0.2, 0) is 9.84 Å². The highest BCUT2D eigenvalue weighted by Gasteiger charge is 2.50. The molecule has 0 atom stereocenters. The van der Waals surface area contributed by atoms with Gasteiger partial charge in [-0.25, -0.2) is 8.42 Å². The number of carbonyl (C=O) groups is 1. The molecule has 1 aliphatic carbocycles. The van der Waals surface area contributed by atoms with Gasteiger partial charge in [0.2, 0.25) is 0 Å². The van der Waals surface area contributed by atoms with Crippen LogP contribution >= 0.6 is 15.9 Å². The van der Waals surface area contributed by atoms with Gasteiger partial charge in [0.1, 0.15) is 5.75 Å². The number of ketones is 1. The van der Waals surface area contributed by atoms with Gasteiger partial charge in [0.15, 0.2) is 15.6 Å². The van der Waals surface area contributed by atoms with Crippen LogP contribution in [0.5, 0.6) is 0 Å². The molecule has 0 saturated heterocycles. The Kier molecular flexibility index (Phi) is 3.16. The smallest absolute Gasteiger partial charge is 0.179 e. The molecule has 1 aliphatic rings. The minimum Gasteiger partial charge on any atom is -0.293 e. The van der Waals surface area contributed by atoms with Gasteiger partial charge in [0, 0.05) is 10.0 Å². The molecule has 1 aromatic carbocycles. The first-order chi connectivity index (χ1) is 7.86. The van der Waals surface area contributed by atoms with Crippen LogP contribution in [0.4, 0.5) is 0 Å². The Morgan fingerprint density at radius 2 is 1.94 bits per heavy atom. The number of hydrogen-bond donors (Lipinski definition) is 0. The Hall–Kier alpha value is -0.680. The van der Waals surface area contributed by atoms with Crippen LogP contribution in [0.25, 0.3) is 0 Å². The fraction of sp³-hybridized carbons (Fsp3) is 0.417. The summed E-state index contributed by atoms with van der Waals surface area (Å²) in [7, 11) is -3.32. The van der Waals surface area contributed by atoms with Crippen molar-refractivity contribution in [3.05, 3.63) is 34.3 Å². The monoisotopic (exact) mass is 316 g/mol. The molecule has 2 rings (SSSR count). The van der Waals surface area contributed by atoms with Crippen LogP contribution in [0.15, 0.2) is 28.7 Å². The third-order valence-electron chi connectivity index (χ3n) is 3.20. The molecule has 1 fully saturated rings. The van der Waals surface area contributed by atoms with E-state index in [0.717, 1.165) is 0 Å². The molecule has 92 valence electrons. The van der Waals surface area contributed by atoms with Crippen LogP contribution in [-0.4, -0.2) is 24.7 Å². The first kappa shape index (κ1) is 12.8. The molecule has 0 bridgehead atoms. The summed E-state index contributed by atoms with van der Waals surface area (Å²) < 4.78 is 23.9. The zero-order valence-corrected chi connectivity index (χ0v) is 11.8. The first-order valence-corrected chi connectivity index (χ1v) is 7.80. The van der Waals surface area contributed by atoms with Gasteiger partial charge in [-0.2, -0.15) is 0 Å². The summed E-state index contributed by atoms with van der Waals surface area (Å²) in [6.07, 6.45) is 1.33. The summed E-state index contributed by atoms with van der Waals surface area (Å²) in [5, 5.41) is 0. The van der Waals surface area contributed by atoms with Gasteiger partial charge in [-0.15, -0.1) is 0 Å². The van der Waals surface area contributed by atoms with Crippen molar-refractivity contribution in [3.63, 3.8) is 0 Å². The van der Waals surface area contributed by atoms with Crippen LogP contribution in [0.1, 0.15) is 30.1 Å². The van der Waals surface area contributed by atoms with E-state index in [1.165, 1.54) is 0 Å². The van der Waals surface area contributed by atoms with Crippen molar-refractivity contribution in [1.82, 2.24) is 0 Å². The lowest BCUT2D eigenvalue weighted by Gasteiger charge is -2.10. The van der Waals surface area contributed by atoms with Crippen molar-refractivity contribution in [1.29, 1.82) is 0 Å². The van der Waals surface area contributed by atoms with Crippen molar-refractivity contribution >= 4 is 31.6 Å². The second-order valence-electron chi connectivity index (χ2n) is 4.61. The Bertz CT molecular complexity index is 559. The molecule has 0 unspecified atom stereocenters. The van der Waals surface area contributed by atoms with Gasteiger partial charge in [-0.1, -0.05) is 34.1 Å². The molecule has 0 spiro atoms. The minimum atomic E-state index is -3.32. The topological polar surface area (TPSA) is 51.2 Å². The number of halogens is 1. The number of carbonyl (C=O) groups excluding carboxylic acids is 1. The van der Waals surface area contributed by atoms with Gasteiger partial charge in [-0.05, 0) is 25.8 Å². The molecule has 1 aromatic rings. The zero-order valence-electron chi connectivity index (χ0n) is 9.44. The molecule has 0 amide bonds. The zero-order chi connectivity index (χ0) is 12.7. The molecule has 1 saturated carbocycles. The molecule has 0 heterocycles. The minimum absolute atomic E-state index is 0.342. The number of rotatable bonds is 4. The van der Waals surface area contributed by atoms with E-state index in [4.69, 9.17) is 0 Å². The van der Waals surface area contributed by atoms with E-state index < -0.39 is 20.3 Å². The van der Waals surface area contributed by atoms with E-state index in [9.17, 15) is 13.2 Å². The summed E-state index contributed by atoms with van der Waals surface area (Å²) in [6.45, 7) is 1.70. The maximum atomic E-state index is 12.0. The standard InChI is InChI=1S/C12H13BrO3S/c1-12(6-7-12)17(15,16)8-11(14)9-4-2-3-5-10(9)13/h2-5H,6-8H2,1H3. The van der Waals surface area contributed by atoms with E-state index in [1.807, 2.05) is 0 Å². The Morgan fingerprint density at radius 3 is 2.47 bits per heavy atom. The van der Waals surface area contributed by atoms with Crippen LogP contribution in [0.2, 0.25) is 0 Å². The second kappa shape index (κ2) is 4.21. The van der Waals surface area contributed by atoms with Gasteiger partial charge in [0.05, 0.1) is 4.75 Å². The third kappa shape index (κ3) is 2.45. The van der Waals surface area contributed by atoms with Gasteiger partial charge in [0.25, 0.3) is 0 Å². The number of Topliss-reactive ketones (excluding diaryl/α,β-unsaturated/α-hetero) is 1. The lowest BCUT2D eigenvalue weighted by atomic mass is 10.1. The van der Waals surface area contributed by atoms with Crippen molar-refractivity contribution in [2.75, 3.05) is 5.75 Å². The lowest BCUT2D eigenvalue weighted by Crippen LogP contribution is -2.27. The van der Waals surface area contributed by atoms with E-state index in [2.05, 4.69) is 15.9 Å². The van der Waals surface area contributed by atoms with Crippen molar-refractivity contribution in [3.8, 4) is 0 Å². The average Bonchev–Trinajstić information content (AvgIpc) is 2.98. The molecule has 0 N–H and O–H groups in total. The average molecular weight is 317 g/mol. The summed E-state index contributed by atoms with van der Waals surface area (Å²) in [5.74, 6) is -0.739. The maximum absolute atomic E-state index is 12.0. The van der Waals surface area contributed by atoms with Crippen molar-refractivity contribution in [2.45, 2.75) is 24.5 Å². The molecule has 0 radical (unpaired) electrons. The SMILES string of the molecule is CC1(S(=O)(=O)CC(=O)c2ccccc2Br)CC1. The lowest BCUT2D eigenvalue weighted by molar-refractivity contribution is 0.102. The first-order valence-electron chi connectivity index (χ1n) is 5.36. The summed E-state index contributed by atoms with van der Waals surface area (Å²) in [6, 6.07) is 6.89. The molecular formula is C12H13BrO3S. The van der Waals surface area contributed by atoms with Crippen LogP contribution in [0.3, 0.4) is 0 Å². The highest BCUT2D eigenvalue weighted by atomic mass is 79.9. The van der Waals surface area contributed by atoms with E-state index in [1.54, 1.807) is 31.2 Å². The quantitative estimate of drug-likeness (QED) is 0.802. The normalized spacial score (nSPS) is 17.8. The third-order valence-corrected chi connectivity index (χ3v) is 6.44. The number of benzene rings is 1. The fourth-order valence-corrected chi connectivity index (χ4v) is 3.68. The molecule has 5 heteroatoms. The molecule has 3 nitrogen and oxygen atoms in total. The number of hydrogen-bond acceptors (Lipinski definition) is 3. The molecule has 0 aliphatic heterocycles. The van der Waals surface area contributed by atoms with E-state index >= 15 is 0 Å². The fourth-order valence-electron chi connectivity index (χ4n) is 1.60. The predicted molar refractivity (Wildman–Crippen MR) is 69.9 cm³/mol. The van der Waals surface area contributed by atoms with Gasteiger partial charge in [-0.3, -0.25) is 4.79 Å². The van der Waals surface area contributed by atoms with Crippen molar-refractivity contribution < 1.29 is 13.2 Å². The highest BCUT2D eigenvalue weighted by Crippen LogP contribution is 2.43. The maximum Gasteiger partial charge on any atom is 0.179 e. The second-order valence-corrected chi connectivity index (χ2v) is 7.97. The van der Waals surface area contributed by atoms with Gasteiger partial charge < -0.3 is 0 Å². The predicted octanol–water partition coefficient (Wildman–Crippen LogP) is 2.60. The highest BCUT2D eigenvalue weighted by molar-refractivity contribution is 9.10. The summed E-state index contributed by atoms with van der Waals surface area (Å²) in [4.78, 5) is 11.9.